The first-order chi connectivity index (χ1) is 9.62. The molecule has 0 radical (unpaired) electrons. The summed E-state index contributed by atoms with van der Waals surface area (Å²) in [5.41, 5.74) is 1.15. The highest BCUT2D eigenvalue weighted by atomic mass is 79.9. The molecule has 3 heteroatoms. The minimum Gasteiger partial charge on any atom is -0.391 e. The average Bonchev–Trinajstić information content (AvgIpc) is 2.95. The Morgan fingerprint density at radius 2 is 1.90 bits per heavy atom. The van der Waals surface area contributed by atoms with Gasteiger partial charge in [-0.3, -0.25) is 4.90 Å². The van der Waals surface area contributed by atoms with Crippen molar-refractivity contribution in [3.05, 3.63) is 34.3 Å². The van der Waals surface area contributed by atoms with E-state index in [4.69, 9.17) is 0 Å². The van der Waals surface area contributed by atoms with Crippen molar-refractivity contribution in [1.29, 1.82) is 0 Å². The number of nitrogens with zero attached hydrogens (tertiary/aromatic N) is 1. The first kappa shape index (κ1) is 16.0. The van der Waals surface area contributed by atoms with Crippen LogP contribution in [0.4, 0.5) is 0 Å². The zero-order valence-corrected chi connectivity index (χ0v) is 14.2. The Morgan fingerprint density at radius 1 is 1.25 bits per heavy atom. The van der Waals surface area contributed by atoms with Gasteiger partial charge in [-0.05, 0) is 56.5 Å². The van der Waals surface area contributed by atoms with Gasteiger partial charge in [0.25, 0.3) is 0 Å². The lowest BCUT2D eigenvalue weighted by molar-refractivity contribution is -0.0270. The van der Waals surface area contributed by atoms with Gasteiger partial charge in [0.15, 0.2) is 0 Å². The Labute approximate surface area is 131 Å². The largest absolute Gasteiger partial charge is 0.391 e. The van der Waals surface area contributed by atoms with Gasteiger partial charge in [0.05, 0.1) is 6.10 Å². The maximum absolute atomic E-state index is 10.9. The van der Waals surface area contributed by atoms with Crippen LogP contribution in [0.1, 0.15) is 45.1 Å². The normalized spacial score (nSPS) is 18.4. The Kier molecular flexibility index (Phi) is 5.65. The SMILES string of the molecule is CCC(CC)(C(O)Cc1cccc(Br)c1)N1CCCC1. The van der Waals surface area contributed by atoms with Crippen LogP contribution in [0.15, 0.2) is 28.7 Å². The predicted octanol–water partition coefficient (Wildman–Crippen LogP) is 4.01. The summed E-state index contributed by atoms with van der Waals surface area (Å²) in [5.74, 6) is 0. The van der Waals surface area contributed by atoms with Crippen molar-refractivity contribution in [3.63, 3.8) is 0 Å². The van der Waals surface area contributed by atoms with E-state index in [1.807, 2.05) is 12.1 Å². The summed E-state index contributed by atoms with van der Waals surface area (Å²) in [5, 5.41) is 10.9. The molecule has 1 heterocycles. The number of aliphatic hydroxyl groups is 1. The molecule has 112 valence electrons. The first-order valence-corrected chi connectivity index (χ1v) is 8.59. The van der Waals surface area contributed by atoms with Crippen LogP contribution in [-0.4, -0.2) is 34.7 Å². The molecular weight excluding hydrogens is 314 g/mol. The highest BCUT2D eigenvalue weighted by molar-refractivity contribution is 9.10. The van der Waals surface area contributed by atoms with Gasteiger partial charge in [0, 0.05) is 16.4 Å². The van der Waals surface area contributed by atoms with Gasteiger partial charge in [-0.1, -0.05) is 41.9 Å². The summed E-state index contributed by atoms with van der Waals surface area (Å²) in [6.07, 6.45) is 5.00. The first-order valence-electron chi connectivity index (χ1n) is 7.80. The van der Waals surface area contributed by atoms with Crippen LogP contribution >= 0.6 is 15.9 Å². The van der Waals surface area contributed by atoms with Crippen LogP contribution in [0.3, 0.4) is 0 Å². The van der Waals surface area contributed by atoms with Crippen LogP contribution in [-0.2, 0) is 6.42 Å². The quantitative estimate of drug-likeness (QED) is 0.846. The second-order valence-electron chi connectivity index (χ2n) is 5.85. The number of hydrogen-bond donors (Lipinski definition) is 1. The third kappa shape index (κ3) is 3.26. The molecule has 1 N–H and O–H groups in total. The number of halogens is 1. The summed E-state index contributed by atoms with van der Waals surface area (Å²) in [7, 11) is 0. The molecule has 1 unspecified atom stereocenters. The topological polar surface area (TPSA) is 23.5 Å². The molecule has 1 atom stereocenters. The second kappa shape index (κ2) is 7.06. The predicted molar refractivity (Wildman–Crippen MR) is 88.0 cm³/mol. The average molecular weight is 340 g/mol. The van der Waals surface area contributed by atoms with E-state index in [-0.39, 0.29) is 11.6 Å². The van der Waals surface area contributed by atoms with E-state index >= 15 is 0 Å². The van der Waals surface area contributed by atoms with Crippen molar-refractivity contribution < 1.29 is 5.11 Å². The Morgan fingerprint density at radius 3 is 2.45 bits per heavy atom. The highest BCUT2D eigenvalue weighted by Gasteiger charge is 2.41. The van der Waals surface area contributed by atoms with Crippen molar-refractivity contribution in [2.75, 3.05) is 13.1 Å². The molecule has 2 rings (SSSR count). The molecule has 0 aliphatic carbocycles. The van der Waals surface area contributed by atoms with Gasteiger partial charge < -0.3 is 5.11 Å². The third-order valence-corrected chi connectivity index (χ3v) is 5.39. The van der Waals surface area contributed by atoms with Gasteiger partial charge in [0.1, 0.15) is 0 Å². The lowest BCUT2D eigenvalue weighted by atomic mass is 9.82. The summed E-state index contributed by atoms with van der Waals surface area (Å²) < 4.78 is 1.09. The van der Waals surface area contributed by atoms with Crippen molar-refractivity contribution in [3.8, 4) is 0 Å². The highest BCUT2D eigenvalue weighted by Crippen LogP contribution is 2.33. The molecule has 0 amide bonds. The fourth-order valence-corrected chi connectivity index (χ4v) is 4.07. The number of benzene rings is 1. The van der Waals surface area contributed by atoms with E-state index in [0.29, 0.717) is 0 Å². The minimum absolute atomic E-state index is 0.0567. The maximum atomic E-state index is 10.9. The van der Waals surface area contributed by atoms with Gasteiger partial charge in [-0.2, -0.15) is 0 Å². The van der Waals surface area contributed by atoms with Crippen LogP contribution in [0.5, 0.6) is 0 Å². The van der Waals surface area contributed by atoms with Crippen LogP contribution in [0.2, 0.25) is 0 Å². The smallest absolute Gasteiger partial charge is 0.0763 e. The Hall–Kier alpha value is -0.380. The van der Waals surface area contributed by atoms with Gasteiger partial charge in [0.2, 0.25) is 0 Å². The van der Waals surface area contributed by atoms with Crippen molar-refractivity contribution in [2.24, 2.45) is 0 Å². The summed E-state index contributed by atoms with van der Waals surface area (Å²) in [6, 6.07) is 8.29. The van der Waals surface area contributed by atoms with E-state index in [1.165, 1.54) is 18.4 Å². The standard InChI is InChI=1S/C17H26BrNO/c1-3-17(4-2,19-10-5-6-11-19)16(20)13-14-8-7-9-15(18)12-14/h7-9,12,16,20H,3-6,10-11,13H2,1-2H3. The number of hydrogen-bond acceptors (Lipinski definition) is 2. The fraction of sp³-hybridized carbons (Fsp3) is 0.647. The van der Waals surface area contributed by atoms with Crippen molar-refractivity contribution >= 4 is 15.9 Å². The zero-order valence-electron chi connectivity index (χ0n) is 12.6. The molecule has 1 aliphatic rings. The lowest BCUT2D eigenvalue weighted by Crippen LogP contribution is -2.55. The minimum atomic E-state index is -0.301. The summed E-state index contributed by atoms with van der Waals surface area (Å²) in [4.78, 5) is 2.52. The van der Waals surface area contributed by atoms with Crippen molar-refractivity contribution in [2.45, 2.75) is 57.6 Å². The number of rotatable bonds is 6. The lowest BCUT2D eigenvalue weighted by Gasteiger charge is -2.44. The Balaban J connectivity index is 2.16. The molecule has 1 fully saturated rings. The molecule has 1 saturated heterocycles. The number of aliphatic hydroxyl groups excluding tert-OH is 1. The maximum Gasteiger partial charge on any atom is 0.0763 e. The fourth-order valence-electron chi connectivity index (χ4n) is 3.62. The van der Waals surface area contributed by atoms with Crippen LogP contribution in [0, 0.1) is 0 Å². The zero-order chi connectivity index (χ0) is 14.6. The molecular formula is C17H26BrNO. The van der Waals surface area contributed by atoms with Gasteiger partial charge in [-0.25, -0.2) is 0 Å². The van der Waals surface area contributed by atoms with Crippen molar-refractivity contribution in [1.82, 2.24) is 4.90 Å². The molecule has 1 aromatic carbocycles. The molecule has 0 bridgehead atoms. The van der Waals surface area contributed by atoms with E-state index in [0.717, 1.165) is 36.8 Å². The molecule has 20 heavy (non-hydrogen) atoms. The molecule has 1 aromatic rings. The summed E-state index contributed by atoms with van der Waals surface area (Å²) >= 11 is 3.51. The molecule has 0 spiro atoms. The van der Waals surface area contributed by atoms with E-state index < -0.39 is 0 Å². The van der Waals surface area contributed by atoms with Gasteiger partial charge in [-0.15, -0.1) is 0 Å². The number of likely N-dealkylation sites (tertiary alicyclic amines) is 1. The van der Waals surface area contributed by atoms with E-state index in [9.17, 15) is 5.11 Å². The van der Waals surface area contributed by atoms with Crippen LogP contribution in [0.25, 0.3) is 0 Å². The molecule has 1 aliphatic heterocycles. The van der Waals surface area contributed by atoms with E-state index in [2.05, 4.69) is 46.8 Å². The van der Waals surface area contributed by atoms with E-state index in [1.54, 1.807) is 0 Å². The van der Waals surface area contributed by atoms with Crippen LogP contribution < -0.4 is 0 Å². The molecule has 2 nitrogen and oxygen atoms in total. The Bertz CT molecular complexity index is 425. The van der Waals surface area contributed by atoms with Gasteiger partial charge >= 0.3 is 0 Å². The third-order valence-electron chi connectivity index (χ3n) is 4.90. The second-order valence-corrected chi connectivity index (χ2v) is 6.77. The molecule has 0 aromatic heterocycles. The molecule has 0 saturated carbocycles. The summed E-state index contributed by atoms with van der Waals surface area (Å²) in [6.45, 7) is 6.70. The monoisotopic (exact) mass is 339 g/mol.